The fourth-order valence-electron chi connectivity index (χ4n) is 0.625. The summed E-state index contributed by atoms with van der Waals surface area (Å²) in [7, 11) is 0. The zero-order valence-electron chi connectivity index (χ0n) is 5.45. The van der Waals surface area contributed by atoms with E-state index in [1.807, 2.05) is 0 Å². The molecular formula is C8H14. The quantitative estimate of drug-likeness (QED) is 0.488. The Kier molecular flexibility index (Phi) is 4.73. The Morgan fingerprint density at radius 1 is 1.38 bits per heavy atom. The Balaban J connectivity index is 3.07. The van der Waals surface area contributed by atoms with Crippen molar-refractivity contribution in [3.05, 3.63) is 26.7 Å². The highest BCUT2D eigenvalue weighted by molar-refractivity contribution is 4.90. The van der Waals surface area contributed by atoms with Crippen molar-refractivity contribution in [3.8, 4) is 0 Å². The van der Waals surface area contributed by atoms with Crippen molar-refractivity contribution < 1.29 is 0 Å². The molecule has 8 heavy (non-hydrogen) atoms. The van der Waals surface area contributed by atoms with Crippen molar-refractivity contribution in [2.24, 2.45) is 0 Å². The van der Waals surface area contributed by atoms with Gasteiger partial charge >= 0.3 is 0 Å². The standard InChI is InChI=1S/C8H14/c1-4-7-8(5-2)6-3/h1-7H2. The van der Waals surface area contributed by atoms with E-state index in [4.69, 9.17) is 0 Å². The van der Waals surface area contributed by atoms with Gasteiger partial charge in [0.2, 0.25) is 6.42 Å². The van der Waals surface area contributed by atoms with Gasteiger partial charge < -0.3 is 6.92 Å². The summed E-state index contributed by atoms with van der Waals surface area (Å²) in [6.07, 6.45) is 3.95. The Bertz CT molecular complexity index is 35.3. The molecule has 0 aliphatic carbocycles. The molecule has 0 amide bonds. The average Bonchev–Trinajstić information content (AvgIpc) is 1.83. The molecule has 0 aromatic carbocycles. The molecule has 0 saturated carbocycles. The lowest BCUT2D eigenvalue weighted by atomic mass is 9.98. The molecule has 0 unspecified atom stereocenters. The Hall–Kier alpha value is -0.260. The van der Waals surface area contributed by atoms with Crippen LogP contribution in [0.5, 0.6) is 0 Å². The van der Waals surface area contributed by atoms with E-state index >= 15 is 0 Å². The van der Waals surface area contributed by atoms with E-state index in [1.165, 1.54) is 5.92 Å². The molecular weight excluding hydrogens is 96.1 g/mol. The summed E-state index contributed by atoms with van der Waals surface area (Å²) in [5.74, 6) is 1.43. The number of hydrogen-bond acceptors (Lipinski definition) is 0. The van der Waals surface area contributed by atoms with Gasteiger partial charge in [0.05, 0.1) is 6.42 Å². The molecule has 0 heterocycles. The minimum atomic E-state index is 0.930. The van der Waals surface area contributed by atoms with Crippen LogP contribution in [-0.2, 0) is 0 Å². The molecule has 0 heteroatoms. The molecule has 0 saturated heterocycles. The first-order valence-electron chi connectivity index (χ1n) is 3.06. The maximum Gasteiger partial charge on any atom is 0.214 e. The fraction of sp³-hybridized carbons (Fsp3) is 0.500. The van der Waals surface area contributed by atoms with Crippen molar-refractivity contribution in [3.63, 3.8) is 0 Å². The lowest BCUT2D eigenvalue weighted by molar-refractivity contribution is 0.758. The van der Waals surface area contributed by atoms with Gasteiger partial charge in [-0.25, -0.2) is 0 Å². The minimum Gasteiger partial charge on any atom is -0.339 e. The largest absolute Gasteiger partial charge is 0.339 e. The Morgan fingerprint density at radius 3 is 2.12 bits per heavy atom. The molecule has 0 aliphatic rings. The van der Waals surface area contributed by atoms with Crippen LogP contribution in [0.15, 0.2) is 0 Å². The molecule has 0 bridgehead atoms. The highest BCUT2D eigenvalue weighted by Crippen LogP contribution is 2.15. The average molecular weight is 110 g/mol. The van der Waals surface area contributed by atoms with E-state index in [1.54, 1.807) is 0 Å². The van der Waals surface area contributed by atoms with Gasteiger partial charge in [-0.15, -0.1) is 6.42 Å². The van der Waals surface area contributed by atoms with Crippen LogP contribution in [0, 0.1) is 26.7 Å². The predicted octanol–water partition coefficient (Wildman–Crippen LogP) is 2.62. The Morgan fingerprint density at radius 2 is 2.00 bits per heavy atom. The van der Waals surface area contributed by atoms with Crippen LogP contribution in [0.3, 0.4) is 0 Å². The first-order valence-corrected chi connectivity index (χ1v) is 3.06. The number of hydrogen-bond donors (Lipinski definition) is 0. The fourth-order valence-corrected chi connectivity index (χ4v) is 0.625. The van der Waals surface area contributed by atoms with E-state index in [9.17, 15) is 0 Å². The van der Waals surface area contributed by atoms with Crippen molar-refractivity contribution in [2.75, 3.05) is 0 Å². The van der Waals surface area contributed by atoms with Crippen LogP contribution in [-0.4, -0.2) is 0 Å². The molecule has 0 atom stereocenters. The van der Waals surface area contributed by atoms with Gasteiger partial charge in [0.1, 0.15) is 12.8 Å². The van der Waals surface area contributed by atoms with Crippen LogP contribution in [0.4, 0.5) is 0 Å². The van der Waals surface area contributed by atoms with Crippen LogP contribution < -0.4 is 0 Å². The molecule has 46 valence electrons. The lowest BCUT2D eigenvalue weighted by Gasteiger charge is -1.99. The highest BCUT2D eigenvalue weighted by atomic mass is 14.0. The van der Waals surface area contributed by atoms with Crippen molar-refractivity contribution in [1.29, 1.82) is 0 Å². The van der Waals surface area contributed by atoms with Gasteiger partial charge in [-0.05, 0) is 6.42 Å². The molecule has 0 aliphatic heterocycles. The molecule has 0 aromatic rings. The third kappa shape index (κ3) is 2.84. The maximum absolute atomic E-state index is 3.77. The van der Waals surface area contributed by atoms with E-state index in [-0.39, 0.29) is 0 Å². The summed E-state index contributed by atoms with van der Waals surface area (Å²) in [4.78, 5) is 0. The normalized spacial score (nSPS) is 9.25. The third-order valence-electron chi connectivity index (χ3n) is 1.24. The molecule has 0 radical (unpaired) electrons. The zero-order chi connectivity index (χ0) is 6.41. The first-order chi connectivity index (χ1) is 3.85. The summed E-state index contributed by atoms with van der Waals surface area (Å²) < 4.78 is 0. The molecule has 0 N–H and O–H groups in total. The summed E-state index contributed by atoms with van der Waals surface area (Å²) in [5.41, 5.74) is 0. The van der Waals surface area contributed by atoms with E-state index in [0.29, 0.717) is 0 Å². The molecule has 0 spiro atoms. The second-order valence-corrected chi connectivity index (χ2v) is 1.85. The van der Waals surface area contributed by atoms with Gasteiger partial charge in [-0.1, -0.05) is 0 Å². The van der Waals surface area contributed by atoms with Crippen LogP contribution in [0.1, 0.15) is 25.7 Å². The first kappa shape index (κ1) is 7.74. The van der Waals surface area contributed by atoms with Crippen molar-refractivity contribution >= 4 is 0 Å². The zero-order valence-corrected chi connectivity index (χ0v) is 5.45. The minimum absolute atomic E-state index is 0.930. The van der Waals surface area contributed by atoms with Crippen LogP contribution in [0.2, 0.25) is 0 Å². The Labute approximate surface area is 53.3 Å². The third-order valence-corrected chi connectivity index (χ3v) is 1.24. The van der Waals surface area contributed by atoms with Crippen LogP contribution in [0.25, 0.3) is 0 Å². The van der Waals surface area contributed by atoms with Gasteiger partial charge in [0.15, 0.2) is 0 Å². The van der Waals surface area contributed by atoms with Gasteiger partial charge in [-0.2, -0.15) is 0 Å². The smallest absolute Gasteiger partial charge is 0.214 e. The molecule has 0 aromatic heterocycles. The summed E-state index contributed by atoms with van der Waals surface area (Å²) >= 11 is 0. The molecule has 0 nitrogen and oxygen atoms in total. The van der Waals surface area contributed by atoms with Gasteiger partial charge in [-0.3, -0.25) is 6.92 Å². The summed E-state index contributed by atoms with van der Waals surface area (Å²) in [6, 6.07) is 0. The maximum atomic E-state index is 3.77. The van der Waals surface area contributed by atoms with Crippen LogP contribution >= 0.6 is 0 Å². The monoisotopic (exact) mass is 110 g/mol. The molecule has 0 fully saturated rings. The van der Waals surface area contributed by atoms with Crippen molar-refractivity contribution in [2.45, 2.75) is 25.7 Å². The van der Waals surface area contributed by atoms with Crippen molar-refractivity contribution in [1.82, 2.24) is 0 Å². The topological polar surface area (TPSA) is 0 Å². The highest BCUT2D eigenvalue weighted by Gasteiger charge is 2.10. The van der Waals surface area contributed by atoms with Gasteiger partial charge in [0, 0.05) is 0 Å². The predicted molar refractivity (Wildman–Crippen MR) is 37.8 cm³/mol. The summed E-state index contributed by atoms with van der Waals surface area (Å²) in [6.45, 7) is 11.3. The van der Waals surface area contributed by atoms with Gasteiger partial charge in [0.25, 0.3) is 0 Å². The summed E-state index contributed by atoms with van der Waals surface area (Å²) in [5, 5.41) is 0. The second kappa shape index (κ2) is 4.89. The second-order valence-electron chi connectivity index (χ2n) is 1.85. The SMILES string of the molecule is [CH2+]C[C+](C[CH2-])CC[CH2-]. The lowest BCUT2D eigenvalue weighted by Crippen LogP contribution is -1.91. The van der Waals surface area contributed by atoms with E-state index in [0.717, 1.165) is 25.7 Å². The van der Waals surface area contributed by atoms with E-state index < -0.39 is 0 Å². The molecule has 0 rings (SSSR count). The van der Waals surface area contributed by atoms with E-state index in [2.05, 4.69) is 20.8 Å². The number of rotatable bonds is 4.